The Hall–Kier alpha value is -3.33. The number of carbonyl (C=O) groups is 1. The number of amides is 1. The molecule has 0 heterocycles. The molecule has 3 heteroatoms. The molecule has 3 nitrogen and oxygen atoms in total. The standard InChI is InChI=1S/C26H27NO2/c1-4-24(22-15-16-25(29-3)19(2)17-22)27-26(28)23(21-13-9-6-10-14-21)18-20-11-7-5-8-12-20/h5-18,24H,4H2,1-3H3,(H,27,28)/b23-18+. The molecule has 148 valence electrons. The number of hydrogen-bond donors (Lipinski definition) is 1. The number of methoxy groups -OCH3 is 1. The van der Waals surface area contributed by atoms with Crippen molar-refractivity contribution in [1.29, 1.82) is 0 Å². The van der Waals surface area contributed by atoms with Crippen molar-refractivity contribution in [3.63, 3.8) is 0 Å². The van der Waals surface area contributed by atoms with E-state index >= 15 is 0 Å². The fourth-order valence-corrected chi connectivity index (χ4v) is 3.39. The molecular formula is C26H27NO2. The lowest BCUT2D eigenvalue weighted by atomic mass is 9.98. The minimum absolute atomic E-state index is 0.0741. The molecule has 3 aromatic carbocycles. The van der Waals surface area contributed by atoms with Crippen LogP contribution in [0.4, 0.5) is 0 Å². The van der Waals surface area contributed by atoms with Crippen molar-refractivity contribution in [3.8, 4) is 5.75 Å². The Bertz CT molecular complexity index is 978. The number of aryl methyl sites for hydroxylation is 1. The lowest BCUT2D eigenvalue weighted by molar-refractivity contribution is -0.116. The van der Waals surface area contributed by atoms with Gasteiger partial charge in [-0.15, -0.1) is 0 Å². The van der Waals surface area contributed by atoms with Gasteiger partial charge in [0, 0.05) is 5.57 Å². The molecule has 0 fully saturated rings. The number of rotatable bonds is 7. The van der Waals surface area contributed by atoms with Crippen LogP contribution in [0.15, 0.2) is 78.9 Å². The van der Waals surface area contributed by atoms with Crippen LogP contribution in [0.1, 0.15) is 41.6 Å². The van der Waals surface area contributed by atoms with Gasteiger partial charge in [-0.05, 0) is 47.7 Å². The molecule has 0 saturated heterocycles. The average Bonchev–Trinajstić information content (AvgIpc) is 2.77. The Morgan fingerprint density at radius 3 is 2.24 bits per heavy atom. The monoisotopic (exact) mass is 385 g/mol. The van der Waals surface area contributed by atoms with Crippen LogP contribution < -0.4 is 10.1 Å². The highest BCUT2D eigenvalue weighted by Gasteiger charge is 2.18. The summed E-state index contributed by atoms with van der Waals surface area (Å²) in [5.74, 6) is 0.768. The molecule has 1 unspecified atom stereocenters. The molecule has 29 heavy (non-hydrogen) atoms. The van der Waals surface area contributed by atoms with E-state index in [2.05, 4.69) is 18.3 Å². The van der Waals surface area contributed by atoms with Crippen molar-refractivity contribution in [2.75, 3.05) is 7.11 Å². The normalized spacial score (nSPS) is 12.3. The SMILES string of the molecule is CCC(NC(=O)/C(=C/c1ccccc1)c1ccccc1)c1ccc(OC)c(C)c1. The van der Waals surface area contributed by atoms with Gasteiger partial charge in [0.15, 0.2) is 0 Å². The van der Waals surface area contributed by atoms with E-state index in [4.69, 9.17) is 4.74 Å². The van der Waals surface area contributed by atoms with E-state index in [1.165, 1.54) is 0 Å². The Kier molecular flexibility index (Phi) is 6.85. The third kappa shape index (κ3) is 5.14. The maximum Gasteiger partial charge on any atom is 0.252 e. The number of nitrogens with one attached hydrogen (secondary N) is 1. The molecule has 0 radical (unpaired) electrons. The first-order valence-corrected chi connectivity index (χ1v) is 9.90. The van der Waals surface area contributed by atoms with Crippen molar-refractivity contribution >= 4 is 17.6 Å². The molecule has 0 saturated carbocycles. The molecular weight excluding hydrogens is 358 g/mol. The summed E-state index contributed by atoms with van der Waals surface area (Å²) in [6, 6.07) is 25.7. The van der Waals surface area contributed by atoms with Crippen molar-refractivity contribution in [2.45, 2.75) is 26.3 Å². The molecule has 0 aliphatic carbocycles. The minimum Gasteiger partial charge on any atom is -0.496 e. The van der Waals surface area contributed by atoms with E-state index in [-0.39, 0.29) is 11.9 Å². The molecule has 0 aliphatic rings. The zero-order chi connectivity index (χ0) is 20.6. The first-order valence-electron chi connectivity index (χ1n) is 9.90. The zero-order valence-electron chi connectivity index (χ0n) is 17.2. The maximum absolute atomic E-state index is 13.3. The summed E-state index contributed by atoms with van der Waals surface area (Å²) in [7, 11) is 1.67. The number of ether oxygens (including phenoxy) is 1. The largest absolute Gasteiger partial charge is 0.496 e. The Morgan fingerprint density at radius 2 is 1.66 bits per heavy atom. The fourth-order valence-electron chi connectivity index (χ4n) is 3.39. The van der Waals surface area contributed by atoms with E-state index in [1.807, 2.05) is 85.8 Å². The summed E-state index contributed by atoms with van der Waals surface area (Å²) in [4.78, 5) is 13.3. The molecule has 0 aromatic heterocycles. The highest BCUT2D eigenvalue weighted by Crippen LogP contribution is 2.26. The number of benzene rings is 3. The Morgan fingerprint density at radius 1 is 1.00 bits per heavy atom. The lowest BCUT2D eigenvalue weighted by Crippen LogP contribution is -2.29. The minimum atomic E-state index is -0.0830. The van der Waals surface area contributed by atoms with Crippen LogP contribution in [0.25, 0.3) is 11.6 Å². The molecule has 0 aliphatic heterocycles. The van der Waals surface area contributed by atoms with Gasteiger partial charge < -0.3 is 10.1 Å². The Labute approximate surface area is 173 Å². The molecule has 0 spiro atoms. The van der Waals surface area contributed by atoms with Gasteiger partial charge in [-0.25, -0.2) is 0 Å². The van der Waals surface area contributed by atoms with E-state index in [0.717, 1.165) is 34.4 Å². The average molecular weight is 386 g/mol. The molecule has 3 rings (SSSR count). The van der Waals surface area contributed by atoms with Gasteiger partial charge in [0.05, 0.1) is 13.2 Å². The predicted molar refractivity (Wildman–Crippen MR) is 120 cm³/mol. The van der Waals surface area contributed by atoms with Crippen LogP contribution in [-0.2, 0) is 4.79 Å². The second kappa shape index (κ2) is 9.74. The van der Waals surface area contributed by atoms with E-state index < -0.39 is 0 Å². The van der Waals surface area contributed by atoms with Gasteiger partial charge in [-0.1, -0.05) is 79.7 Å². The van der Waals surface area contributed by atoms with E-state index in [0.29, 0.717) is 5.57 Å². The third-order valence-electron chi connectivity index (χ3n) is 4.97. The summed E-state index contributed by atoms with van der Waals surface area (Å²) >= 11 is 0. The number of carbonyl (C=O) groups excluding carboxylic acids is 1. The Balaban J connectivity index is 1.91. The van der Waals surface area contributed by atoms with Crippen molar-refractivity contribution in [3.05, 3.63) is 101 Å². The zero-order valence-corrected chi connectivity index (χ0v) is 17.2. The van der Waals surface area contributed by atoms with Crippen LogP contribution in [0.2, 0.25) is 0 Å². The first-order chi connectivity index (χ1) is 14.1. The quantitative estimate of drug-likeness (QED) is 0.412. The molecule has 1 N–H and O–H groups in total. The third-order valence-corrected chi connectivity index (χ3v) is 4.97. The van der Waals surface area contributed by atoms with Gasteiger partial charge in [-0.2, -0.15) is 0 Å². The predicted octanol–water partition coefficient (Wildman–Crippen LogP) is 5.81. The maximum atomic E-state index is 13.3. The topological polar surface area (TPSA) is 38.3 Å². The van der Waals surface area contributed by atoms with Gasteiger partial charge >= 0.3 is 0 Å². The van der Waals surface area contributed by atoms with Gasteiger partial charge in [0.2, 0.25) is 0 Å². The van der Waals surface area contributed by atoms with Crippen molar-refractivity contribution in [1.82, 2.24) is 5.32 Å². The molecule has 1 amide bonds. The van der Waals surface area contributed by atoms with Gasteiger partial charge in [0.25, 0.3) is 5.91 Å². The summed E-state index contributed by atoms with van der Waals surface area (Å²) in [6.45, 7) is 4.09. The summed E-state index contributed by atoms with van der Waals surface area (Å²) in [5.41, 5.74) is 4.68. The summed E-state index contributed by atoms with van der Waals surface area (Å²) < 4.78 is 5.36. The molecule has 1 atom stereocenters. The van der Waals surface area contributed by atoms with Crippen LogP contribution in [-0.4, -0.2) is 13.0 Å². The van der Waals surface area contributed by atoms with Crippen molar-refractivity contribution in [2.24, 2.45) is 0 Å². The lowest BCUT2D eigenvalue weighted by Gasteiger charge is -2.20. The smallest absolute Gasteiger partial charge is 0.252 e. The van der Waals surface area contributed by atoms with Gasteiger partial charge in [-0.3, -0.25) is 4.79 Å². The van der Waals surface area contributed by atoms with Crippen LogP contribution in [0.3, 0.4) is 0 Å². The van der Waals surface area contributed by atoms with E-state index in [9.17, 15) is 4.79 Å². The second-order valence-corrected chi connectivity index (χ2v) is 7.00. The van der Waals surface area contributed by atoms with Gasteiger partial charge in [0.1, 0.15) is 5.75 Å². The number of hydrogen-bond acceptors (Lipinski definition) is 2. The first kappa shape index (κ1) is 20.4. The molecule has 3 aromatic rings. The van der Waals surface area contributed by atoms with Crippen LogP contribution in [0, 0.1) is 6.92 Å². The van der Waals surface area contributed by atoms with Crippen molar-refractivity contribution < 1.29 is 9.53 Å². The van der Waals surface area contributed by atoms with Crippen LogP contribution >= 0.6 is 0 Å². The highest BCUT2D eigenvalue weighted by atomic mass is 16.5. The van der Waals surface area contributed by atoms with Crippen LogP contribution in [0.5, 0.6) is 5.75 Å². The molecule has 0 bridgehead atoms. The fraction of sp³-hybridized carbons (Fsp3) is 0.192. The van der Waals surface area contributed by atoms with E-state index in [1.54, 1.807) is 7.11 Å². The second-order valence-electron chi connectivity index (χ2n) is 7.00. The summed E-state index contributed by atoms with van der Waals surface area (Å²) in [6.07, 6.45) is 2.74. The highest BCUT2D eigenvalue weighted by molar-refractivity contribution is 6.24. The summed E-state index contributed by atoms with van der Waals surface area (Å²) in [5, 5.41) is 3.22.